The third-order valence-corrected chi connectivity index (χ3v) is 3.59. The van der Waals surface area contributed by atoms with Crippen molar-refractivity contribution >= 4 is 29.2 Å². The van der Waals surface area contributed by atoms with Crippen molar-refractivity contribution in [3.8, 4) is 0 Å². The fourth-order valence-corrected chi connectivity index (χ4v) is 2.49. The summed E-state index contributed by atoms with van der Waals surface area (Å²) in [5.41, 5.74) is 1.97. The lowest BCUT2D eigenvalue weighted by Crippen LogP contribution is -2.39. The Labute approximate surface area is 145 Å². The summed E-state index contributed by atoms with van der Waals surface area (Å²) in [6, 6.07) is 5.31. The van der Waals surface area contributed by atoms with Gasteiger partial charge in [0.05, 0.1) is 37.8 Å². The molecule has 1 aromatic carbocycles. The van der Waals surface area contributed by atoms with Gasteiger partial charge in [-0.15, -0.1) is 0 Å². The molecular weight excluding hydrogens is 328 g/mol. The Balaban J connectivity index is 2.63. The van der Waals surface area contributed by atoms with Crippen LogP contribution >= 0.6 is 0 Å². The van der Waals surface area contributed by atoms with Gasteiger partial charge in [0.1, 0.15) is 12.4 Å². The summed E-state index contributed by atoms with van der Waals surface area (Å²) in [5.74, 6) is -1.64. The van der Waals surface area contributed by atoms with Crippen molar-refractivity contribution in [2.24, 2.45) is 0 Å². The Morgan fingerprint density at radius 1 is 1.16 bits per heavy atom. The number of aryl methyl sites for hydroxylation is 1. The van der Waals surface area contributed by atoms with Crippen LogP contribution in [0, 0.1) is 6.92 Å². The molecule has 25 heavy (non-hydrogen) atoms. The fourth-order valence-electron chi connectivity index (χ4n) is 2.49. The molecule has 2 rings (SSSR count). The molecule has 8 heteroatoms. The van der Waals surface area contributed by atoms with E-state index in [-0.39, 0.29) is 30.5 Å². The number of nitrogens with one attached hydrogen (secondary N) is 1. The number of carbonyl (C=O) groups is 3. The van der Waals surface area contributed by atoms with Crippen molar-refractivity contribution in [3.63, 3.8) is 0 Å². The quantitative estimate of drug-likeness (QED) is 0.821. The minimum Gasteiger partial charge on any atom is -0.466 e. The first kappa shape index (κ1) is 18.5. The third-order valence-electron chi connectivity index (χ3n) is 3.59. The van der Waals surface area contributed by atoms with Gasteiger partial charge in [-0.25, -0.2) is 9.59 Å². The summed E-state index contributed by atoms with van der Waals surface area (Å²) < 4.78 is 15.0. The highest BCUT2D eigenvalue weighted by Crippen LogP contribution is 2.33. The van der Waals surface area contributed by atoms with Crippen molar-refractivity contribution in [2.75, 3.05) is 37.8 Å². The molecule has 8 nitrogen and oxygen atoms in total. The van der Waals surface area contributed by atoms with Crippen LogP contribution in [0.3, 0.4) is 0 Å². The predicted octanol–water partition coefficient (Wildman–Crippen LogP) is 1.35. The maximum Gasteiger partial charge on any atom is 0.355 e. The first-order chi connectivity index (χ1) is 11.9. The second kappa shape index (κ2) is 7.80. The number of benzene rings is 1. The molecule has 1 aliphatic rings. The van der Waals surface area contributed by atoms with E-state index in [1.165, 1.54) is 26.0 Å². The number of methoxy groups -OCH3 is 2. The van der Waals surface area contributed by atoms with Crippen molar-refractivity contribution in [3.05, 3.63) is 35.0 Å². The maximum atomic E-state index is 12.3. The Bertz CT molecular complexity index is 741. The zero-order valence-electron chi connectivity index (χ0n) is 14.5. The highest BCUT2D eigenvalue weighted by Gasteiger charge is 2.33. The smallest absolute Gasteiger partial charge is 0.355 e. The van der Waals surface area contributed by atoms with Crippen LogP contribution in [0.4, 0.5) is 11.4 Å². The summed E-state index contributed by atoms with van der Waals surface area (Å²) in [6.45, 7) is 3.19. The van der Waals surface area contributed by atoms with Crippen LogP contribution in [-0.2, 0) is 28.6 Å². The Morgan fingerprint density at radius 3 is 2.44 bits per heavy atom. The molecule has 0 fully saturated rings. The minimum absolute atomic E-state index is 0.0148. The lowest BCUT2D eigenvalue weighted by molar-refractivity contribution is -0.140. The summed E-state index contributed by atoms with van der Waals surface area (Å²) in [7, 11) is 2.45. The molecule has 0 aromatic heterocycles. The van der Waals surface area contributed by atoms with Crippen molar-refractivity contribution in [2.45, 2.75) is 13.8 Å². The van der Waals surface area contributed by atoms with Crippen LogP contribution in [0.2, 0.25) is 0 Å². The van der Waals surface area contributed by atoms with Gasteiger partial charge in [0, 0.05) is 6.92 Å². The SMILES string of the molecule is COC(=O)C1=C(C(=O)OC)N(c2cc(C)ccc2NC(C)=O)COC1. The van der Waals surface area contributed by atoms with E-state index >= 15 is 0 Å². The molecule has 1 aromatic rings. The Morgan fingerprint density at radius 2 is 1.84 bits per heavy atom. The van der Waals surface area contributed by atoms with E-state index < -0.39 is 11.9 Å². The molecule has 0 bridgehead atoms. The lowest BCUT2D eigenvalue weighted by Gasteiger charge is -2.32. The summed E-state index contributed by atoms with van der Waals surface area (Å²) in [5, 5.41) is 2.71. The topological polar surface area (TPSA) is 94.2 Å². The molecule has 0 aliphatic carbocycles. The minimum atomic E-state index is -0.695. The maximum absolute atomic E-state index is 12.3. The summed E-state index contributed by atoms with van der Waals surface area (Å²) in [6.07, 6.45) is 0. The molecule has 0 radical (unpaired) electrons. The van der Waals surface area contributed by atoms with Gasteiger partial charge in [-0.1, -0.05) is 6.07 Å². The second-order valence-corrected chi connectivity index (χ2v) is 5.42. The zero-order chi connectivity index (χ0) is 18.6. The molecule has 0 spiro atoms. The molecule has 0 atom stereocenters. The van der Waals surface area contributed by atoms with Crippen LogP contribution < -0.4 is 10.2 Å². The average molecular weight is 348 g/mol. The zero-order valence-corrected chi connectivity index (χ0v) is 14.5. The molecule has 0 saturated heterocycles. The first-order valence-electron chi connectivity index (χ1n) is 7.52. The van der Waals surface area contributed by atoms with Gasteiger partial charge in [0.15, 0.2) is 0 Å². The van der Waals surface area contributed by atoms with Crippen LogP contribution in [0.15, 0.2) is 29.5 Å². The molecule has 1 amide bonds. The van der Waals surface area contributed by atoms with E-state index in [1.807, 2.05) is 13.0 Å². The number of esters is 2. The molecule has 134 valence electrons. The molecule has 0 unspecified atom stereocenters. The molecule has 0 saturated carbocycles. The lowest BCUT2D eigenvalue weighted by atomic mass is 10.1. The van der Waals surface area contributed by atoms with Crippen molar-refractivity contribution in [1.29, 1.82) is 0 Å². The van der Waals surface area contributed by atoms with Gasteiger partial charge in [0.25, 0.3) is 0 Å². The largest absolute Gasteiger partial charge is 0.466 e. The average Bonchev–Trinajstić information content (AvgIpc) is 2.60. The predicted molar refractivity (Wildman–Crippen MR) is 89.8 cm³/mol. The van der Waals surface area contributed by atoms with Gasteiger partial charge < -0.3 is 24.4 Å². The van der Waals surface area contributed by atoms with Gasteiger partial charge >= 0.3 is 11.9 Å². The van der Waals surface area contributed by atoms with Crippen LogP contribution in [0.5, 0.6) is 0 Å². The monoisotopic (exact) mass is 348 g/mol. The number of ether oxygens (including phenoxy) is 3. The van der Waals surface area contributed by atoms with Gasteiger partial charge in [-0.2, -0.15) is 0 Å². The van der Waals surface area contributed by atoms with Crippen molar-refractivity contribution in [1.82, 2.24) is 0 Å². The van der Waals surface area contributed by atoms with Crippen LogP contribution in [0.1, 0.15) is 12.5 Å². The van der Waals surface area contributed by atoms with E-state index in [9.17, 15) is 14.4 Å². The normalized spacial score (nSPS) is 14.2. The number of rotatable bonds is 4. The van der Waals surface area contributed by atoms with Gasteiger partial charge in [0.2, 0.25) is 5.91 Å². The first-order valence-corrected chi connectivity index (χ1v) is 7.52. The molecule has 1 heterocycles. The van der Waals surface area contributed by atoms with Crippen LogP contribution in [-0.4, -0.2) is 45.4 Å². The number of hydrogen-bond donors (Lipinski definition) is 1. The second-order valence-electron chi connectivity index (χ2n) is 5.42. The van der Waals surface area contributed by atoms with E-state index in [2.05, 4.69) is 5.32 Å². The van der Waals surface area contributed by atoms with E-state index in [0.29, 0.717) is 11.4 Å². The number of anilines is 2. The van der Waals surface area contributed by atoms with E-state index in [1.54, 1.807) is 12.1 Å². The molecular formula is C17H20N2O6. The number of hydrogen-bond acceptors (Lipinski definition) is 7. The van der Waals surface area contributed by atoms with E-state index in [4.69, 9.17) is 14.2 Å². The Hall–Kier alpha value is -2.87. The van der Waals surface area contributed by atoms with Crippen molar-refractivity contribution < 1.29 is 28.6 Å². The highest BCUT2D eigenvalue weighted by molar-refractivity contribution is 6.04. The fraction of sp³-hybridized carbons (Fsp3) is 0.353. The standard InChI is InChI=1S/C17H20N2O6/c1-10-5-6-13(18-11(2)20)14(7-10)19-9-25-8-12(16(21)23-3)15(19)17(22)24-4/h5-7H,8-9H2,1-4H3,(H,18,20). The summed E-state index contributed by atoms with van der Waals surface area (Å²) >= 11 is 0. The van der Waals surface area contributed by atoms with E-state index in [0.717, 1.165) is 5.56 Å². The number of nitrogens with zero attached hydrogens (tertiary/aromatic N) is 1. The molecule has 1 aliphatic heterocycles. The third kappa shape index (κ3) is 3.97. The summed E-state index contributed by atoms with van der Waals surface area (Å²) in [4.78, 5) is 37.3. The molecule has 1 N–H and O–H groups in total. The number of carbonyl (C=O) groups excluding carboxylic acids is 3. The Kier molecular flexibility index (Phi) is 5.76. The van der Waals surface area contributed by atoms with Gasteiger partial charge in [-0.3, -0.25) is 4.79 Å². The highest BCUT2D eigenvalue weighted by atomic mass is 16.5. The number of amides is 1. The van der Waals surface area contributed by atoms with Gasteiger partial charge in [-0.05, 0) is 24.6 Å². The van der Waals surface area contributed by atoms with Crippen LogP contribution in [0.25, 0.3) is 0 Å².